The molecule has 7 heteroatoms. The predicted molar refractivity (Wildman–Crippen MR) is 88.6 cm³/mol. The van der Waals surface area contributed by atoms with Crippen LogP contribution in [0.2, 0.25) is 0 Å². The van der Waals surface area contributed by atoms with Crippen LogP contribution in [0.3, 0.4) is 0 Å². The van der Waals surface area contributed by atoms with E-state index < -0.39 is 29.9 Å². The molecule has 0 radical (unpaired) electrons. The number of fused-ring (bicyclic) bond motifs is 1. The lowest BCUT2D eigenvalue weighted by Crippen LogP contribution is -2.14. The van der Waals surface area contributed by atoms with E-state index in [0.717, 1.165) is 17.6 Å². The lowest BCUT2D eigenvalue weighted by atomic mass is 10.1. The van der Waals surface area contributed by atoms with E-state index in [0.29, 0.717) is 10.9 Å². The number of rotatable bonds is 4. The van der Waals surface area contributed by atoms with Crippen LogP contribution in [0.15, 0.2) is 42.6 Å². The van der Waals surface area contributed by atoms with Crippen molar-refractivity contribution in [1.82, 2.24) is 4.57 Å². The number of carbonyl (C=O) groups is 2. The summed E-state index contributed by atoms with van der Waals surface area (Å²) in [6, 6.07) is 8.78. The number of halogens is 2. The van der Waals surface area contributed by atoms with Crippen molar-refractivity contribution in [2.45, 2.75) is 6.42 Å². The standard InChI is InChI=1S/C18H14F2N2O3/c1-22-9-12(11-4-2-3-5-16(11)22)18(25)21-15-8-13(19)10(6-14(15)20)7-17(23)24/h2-6,8-9H,7H2,1H3,(H,21,25)(H,23,24). The molecule has 128 valence electrons. The fourth-order valence-electron chi connectivity index (χ4n) is 2.69. The molecule has 1 aromatic heterocycles. The summed E-state index contributed by atoms with van der Waals surface area (Å²) in [5.41, 5.74) is 0.529. The molecule has 0 bridgehead atoms. The zero-order valence-corrected chi connectivity index (χ0v) is 13.2. The van der Waals surface area contributed by atoms with Crippen LogP contribution in [0.4, 0.5) is 14.5 Å². The minimum atomic E-state index is -1.27. The number of carboxylic acid groups (broad SMARTS) is 1. The van der Waals surface area contributed by atoms with Crippen LogP contribution in [-0.4, -0.2) is 21.6 Å². The zero-order chi connectivity index (χ0) is 18.1. The van der Waals surface area contributed by atoms with Gasteiger partial charge < -0.3 is 15.0 Å². The van der Waals surface area contributed by atoms with Crippen molar-refractivity contribution in [1.29, 1.82) is 0 Å². The Morgan fingerprint density at radius 1 is 1.16 bits per heavy atom. The number of aryl methyl sites for hydroxylation is 1. The molecular weight excluding hydrogens is 330 g/mol. The van der Waals surface area contributed by atoms with Gasteiger partial charge in [-0.3, -0.25) is 9.59 Å². The van der Waals surface area contributed by atoms with Crippen LogP contribution in [0, 0.1) is 11.6 Å². The Labute approximate surface area is 141 Å². The van der Waals surface area contributed by atoms with Crippen molar-refractivity contribution in [3.8, 4) is 0 Å². The maximum atomic E-state index is 14.1. The highest BCUT2D eigenvalue weighted by molar-refractivity contribution is 6.13. The van der Waals surface area contributed by atoms with Gasteiger partial charge in [-0.05, 0) is 12.1 Å². The smallest absolute Gasteiger partial charge is 0.307 e. The van der Waals surface area contributed by atoms with E-state index >= 15 is 0 Å². The van der Waals surface area contributed by atoms with E-state index in [-0.39, 0.29) is 11.3 Å². The van der Waals surface area contributed by atoms with E-state index in [1.54, 1.807) is 29.9 Å². The first-order chi connectivity index (χ1) is 11.9. The third-order valence-corrected chi connectivity index (χ3v) is 3.87. The summed E-state index contributed by atoms with van der Waals surface area (Å²) in [5.74, 6) is -3.64. The van der Waals surface area contributed by atoms with E-state index in [1.807, 2.05) is 12.1 Å². The van der Waals surface area contributed by atoms with E-state index in [2.05, 4.69) is 5.32 Å². The number of anilines is 1. The van der Waals surface area contributed by atoms with Gasteiger partial charge in [0.2, 0.25) is 0 Å². The number of para-hydroxylation sites is 1. The minimum Gasteiger partial charge on any atom is -0.481 e. The van der Waals surface area contributed by atoms with Gasteiger partial charge in [0.25, 0.3) is 5.91 Å². The van der Waals surface area contributed by atoms with Gasteiger partial charge in [-0.15, -0.1) is 0 Å². The second kappa shape index (κ2) is 6.35. The number of aromatic nitrogens is 1. The number of nitrogens with zero attached hydrogens (tertiary/aromatic N) is 1. The highest BCUT2D eigenvalue weighted by atomic mass is 19.1. The Morgan fingerprint density at radius 2 is 1.88 bits per heavy atom. The Hall–Kier alpha value is -3.22. The van der Waals surface area contributed by atoms with Crippen LogP contribution in [-0.2, 0) is 18.3 Å². The fraction of sp³-hybridized carbons (Fsp3) is 0.111. The fourth-order valence-corrected chi connectivity index (χ4v) is 2.69. The van der Waals surface area contributed by atoms with Gasteiger partial charge in [0, 0.05) is 35.8 Å². The van der Waals surface area contributed by atoms with Crippen LogP contribution >= 0.6 is 0 Å². The molecule has 0 saturated carbocycles. The van der Waals surface area contributed by atoms with Crippen molar-refractivity contribution >= 4 is 28.5 Å². The van der Waals surface area contributed by atoms with Gasteiger partial charge in [-0.25, -0.2) is 8.78 Å². The van der Waals surface area contributed by atoms with Gasteiger partial charge >= 0.3 is 5.97 Å². The zero-order valence-electron chi connectivity index (χ0n) is 13.2. The summed E-state index contributed by atoms with van der Waals surface area (Å²) < 4.78 is 29.8. The largest absolute Gasteiger partial charge is 0.481 e. The summed E-state index contributed by atoms with van der Waals surface area (Å²) in [5, 5.41) is 11.7. The summed E-state index contributed by atoms with van der Waals surface area (Å²) in [4.78, 5) is 23.1. The molecule has 1 amide bonds. The SMILES string of the molecule is Cn1cc(C(=O)Nc2cc(F)c(CC(=O)O)cc2F)c2ccccc21. The van der Waals surface area contributed by atoms with Gasteiger partial charge in [0.15, 0.2) is 0 Å². The highest BCUT2D eigenvalue weighted by Gasteiger charge is 2.18. The van der Waals surface area contributed by atoms with Crippen molar-refractivity contribution in [3.63, 3.8) is 0 Å². The Balaban J connectivity index is 1.93. The second-order valence-electron chi connectivity index (χ2n) is 5.62. The maximum Gasteiger partial charge on any atom is 0.307 e. The van der Waals surface area contributed by atoms with E-state index in [4.69, 9.17) is 5.11 Å². The van der Waals surface area contributed by atoms with Crippen LogP contribution < -0.4 is 5.32 Å². The minimum absolute atomic E-state index is 0.284. The first kappa shape index (κ1) is 16.6. The number of benzene rings is 2. The third-order valence-electron chi connectivity index (χ3n) is 3.87. The van der Waals surface area contributed by atoms with Gasteiger partial charge in [-0.2, -0.15) is 0 Å². The van der Waals surface area contributed by atoms with Gasteiger partial charge in [-0.1, -0.05) is 18.2 Å². The van der Waals surface area contributed by atoms with Gasteiger partial charge in [0.05, 0.1) is 17.7 Å². The quantitative estimate of drug-likeness (QED) is 0.763. The number of nitrogens with one attached hydrogen (secondary N) is 1. The molecule has 0 unspecified atom stereocenters. The molecule has 0 atom stereocenters. The molecule has 5 nitrogen and oxygen atoms in total. The summed E-state index contributed by atoms with van der Waals surface area (Å²) in [6.45, 7) is 0. The molecule has 1 heterocycles. The van der Waals surface area contributed by atoms with Crippen molar-refractivity contribution in [2.24, 2.45) is 7.05 Å². The molecule has 0 saturated heterocycles. The number of aliphatic carboxylic acids is 1. The molecule has 2 aromatic carbocycles. The summed E-state index contributed by atoms with van der Waals surface area (Å²) >= 11 is 0. The lowest BCUT2D eigenvalue weighted by Gasteiger charge is -2.08. The molecule has 2 N–H and O–H groups in total. The monoisotopic (exact) mass is 344 g/mol. The third kappa shape index (κ3) is 3.21. The molecule has 0 spiro atoms. The van der Waals surface area contributed by atoms with E-state index in [9.17, 15) is 18.4 Å². The number of carbonyl (C=O) groups excluding carboxylic acids is 1. The Morgan fingerprint density at radius 3 is 2.60 bits per heavy atom. The second-order valence-corrected chi connectivity index (χ2v) is 5.62. The van der Waals surface area contributed by atoms with Crippen LogP contribution in [0.1, 0.15) is 15.9 Å². The van der Waals surface area contributed by atoms with Gasteiger partial charge in [0.1, 0.15) is 11.6 Å². The lowest BCUT2D eigenvalue weighted by molar-refractivity contribution is -0.136. The number of hydrogen-bond donors (Lipinski definition) is 2. The number of hydrogen-bond acceptors (Lipinski definition) is 2. The first-order valence-corrected chi connectivity index (χ1v) is 7.42. The topological polar surface area (TPSA) is 71.3 Å². The Bertz CT molecular complexity index is 995. The molecule has 0 fully saturated rings. The summed E-state index contributed by atoms with van der Waals surface area (Å²) in [6.07, 6.45) is 0.966. The summed E-state index contributed by atoms with van der Waals surface area (Å²) in [7, 11) is 1.78. The first-order valence-electron chi connectivity index (χ1n) is 7.42. The average Bonchev–Trinajstić information content (AvgIpc) is 2.89. The van der Waals surface area contributed by atoms with E-state index in [1.165, 1.54) is 0 Å². The molecule has 0 aliphatic carbocycles. The molecule has 25 heavy (non-hydrogen) atoms. The predicted octanol–water partition coefficient (Wildman–Crippen LogP) is 3.34. The average molecular weight is 344 g/mol. The number of amides is 1. The van der Waals surface area contributed by atoms with Crippen molar-refractivity contribution in [2.75, 3.05) is 5.32 Å². The normalized spacial score (nSPS) is 10.8. The number of carboxylic acids is 1. The molecular formula is C18H14F2N2O3. The maximum absolute atomic E-state index is 14.1. The molecule has 3 aromatic rings. The van der Waals surface area contributed by atoms with Crippen molar-refractivity contribution in [3.05, 3.63) is 65.4 Å². The van der Waals surface area contributed by atoms with Crippen molar-refractivity contribution < 1.29 is 23.5 Å². The van der Waals surface area contributed by atoms with Crippen LogP contribution in [0.25, 0.3) is 10.9 Å². The molecule has 0 aliphatic rings. The molecule has 0 aliphatic heterocycles. The molecule has 3 rings (SSSR count). The highest BCUT2D eigenvalue weighted by Crippen LogP contribution is 2.24. The van der Waals surface area contributed by atoms with Crippen LogP contribution in [0.5, 0.6) is 0 Å². The Kier molecular flexibility index (Phi) is 4.22.